The summed E-state index contributed by atoms with van der Waals surface area (Å²) in [6.45, 7) is 7.01. The van der Waals surface area contributed by atoms with E-state index >= 15 is 0 Å². The minimum atomic E-state index is -3.42. The van der Waals surface area contributed by atoms with Gasteiger partial charge in [-0.25, -0.2) is 13.1 Å². The highest BCUT2D eigenvalue weighted by atomic mass is 32.2. The summed E-state index contributed by atoms with van der Waals surface area (Å²) in [6, 6.07) is 1.61. The molecule has 1 heterocycles. The molecule has 0 spiro atoms. The number of hydrogen-bond donors (Lipinski definition) is 2. The van der Waals surface area contributed by atoms with Crippen molar-refractivity contribution in [1.29, 1.82) is 0 Å². The summed E-state index contributed by atoms with van der Waals surface area (Å²) >= 11 is 0. The number of hydrogen-bond acceptors (Lipinski definition) is 3. The SMILES string of the molecule is Cn1cc(S(=O)(=O)NCCC(C)(C)C)cc1CN. The summed E-state index contributed by atoms with van der Waals surface area (Å²) in [4.78, 5) is 0.277. The van der Waals surface area contributed by atoms with E-state index in [4.69, 9.17) is 5.73 Å². The molecule has 18 heavy (non-hydrogen) atoms. The lowest BCUT2D eigenvalue weighted by Gasteiger charge is -2.17. The number of aryl methyl sites for hydroxylation is 1. The topological polar surface area (TPSA) is 77.1 Å². The van der Waals surface area contributed by atoms with Crippen LogP contribution in [0.5, 0.6) is 0 Å². The van der Waals surface area contributed by atoms with E-state index < -0.39 is 10.0 Å². The van der Waals surface area contributed by atoms with Crippen LogP contribution in [0.2, 0.25) is 0 Å². The van der Waals surface area contributed by atoms with Gasteiger partial charge in [0.15, 0.2) is 0 Å². The van der Waals surface area contributed by atoms with Crippen LogP contribution in [0, 0.1) is 5.41 Å². The van der Waals surface area contributed by atoms with Gasteiger partial charge in [-0.1, -0.05) is 20.8 Å². The first kappa shape index (κ1) is 15.2. The standard InChI is InChI=1S/C12H23N3O2S/c1-12(2,3)5-6-14-18(16,17)11-7-10(8-13)15(4)9-11/h7,9,14H,5-6,8,13H2,1-4H3. The van der Waals surface area contributed by atoms with Crippen molar-refractivity contribution in [2.45, 2.75) is 38.6 Å². The maximum Gasteiger partial charge on any atom is 0.242 e. The van der Waals surface area contributed by atoms with Crippen molar-refractivity contribution in [1.82, 2.24) is 9.29 Å². The number of aromatic nitrogens is 1. The lowest BCUT2D eigenvalue weighted by atomic mass is 9.93. The van der Waals surface area contributed by atoms with E-state index in [-0.39, 0.29) is 10.3 Å². The zero-order valence-corrected chi connectivity index (χ0v) is 12.3. The fraction of sp³-hybridized carbons (Fsp3) is 0.667. The molecule has 0 aliphatic carbocycles. The fourth-order valence-electron chi connectivity index (χ4n) is 1.57. The molecule has 0 fully saturated rings. The van der Waals surface area contributed by atoms with Crippen LogP contribution < -0.4 is 10.5 Å². The quantitative estimate of drug-likeness (QED) is 0.846. The molecule has 0 amide bonds. The number of sulfonamides is 1. The van der Waals surface area contributed by atoms with Crippen molar-refractivity contribution in [3.63, 3.8) is 0 Å². The van der Waals surface area contributed by atoms with Crippen LogP contribution in [-0.2, 0) is 23.6 Å². The highest BCUT2D eigenvalue weighted by Gasteiger charge is 2.18. The second-order valence-corrected chi connectivity index (χ2v) is 7.46. The van der Waals surface area contributed by atoms with Crippen LogP contribution in [0.1, 0.15) is 32.9 Å². The number of nitrogens with two attached hydrogens (primary N) is 1. The minimum absolute atomic E-state index is 0.113. The van der Waals surface area contributed by atoms with Crippen LogP contribution in [0.25, 0.3) is 0 Å². The van der Waals surface area contributed by atoms with Gasteiger partial charge in [0.05, 0.1) is 4.90 Å². The molecule has 0 saturated carbocycles. The predicted octanol–water partition coefficient (Wildman–Crippen LogP) is 1.20. The molecule has 1 rings (SSSR count). The Hall–Kier alpha value is -0.850. The van der Waals surface area contributed by atoms with Gasteiger partial charge in [-0.2, -0.15) is 0 Å². The molecule has 104 valence electrons. The third-order valence-electron chi connectivity index (χ3n) is 2.77. The smallest absolute Gasteiger partial charge is 0.242 e. The van der Waals surface area contributed by atoms with Crippen molar-refractivity contribution < 1.29 is 8.42 Å². The Balaban J connectivity index is 2.74. The third-order valence-corrected chi connectivity index (χ3v) is 4.20. The molecule has 1 aromatic rings. The molecule has 0 bridgehead atoms. The fourth-order valence-corrected chi connectivity index (χ4v) is 2.70. The molecule has 0 aliphatic heterocycles. The molecule has 0 saturated heterocycles. The van der Waals surface area contributed by atoms with Gasteiger partial charge < -0.3 is 10.3 Å². The van der Waals surface area contributed by atoms with Crippen molar-refractivity contribution >= 4 is 10.0 Å². The van der Waals surface area contributed by atoms with Crippen LogP contribution >= 0.6 is 0 Å². The van der Waals surface area contributed by atoms with E-state index in [0.717, 1.165) is 12.1 Å². The summed E-state index contributed by atoms with van der Waals surface area (Å²) in [6.07, 6.45) is 2.38. The van der Waals surface area contributed by atoms with E-state index in [1.165, 1.54) is 0 Å². The zero-order chi connectivity index (χ0) is 14.0. The molecule has 0 radical (unpaired) electrons. The van der Waals surface area contributed by atoms with Crippen LogP contribution in [0.4, 0.5) is 0 Å². The Morgan fingerprint density at radius 2 is 2.00 bits per heavy atom. The Morgan fingerprint density at radius 3 is 2.44 bits per heavy atom. The van der Waals surface area contributed by atoms with Crippen molar-refractivity contribution in [3.05, 3.63) is 18.0 Å². The van der Waals surface area contributed by atoms with Crippen molar-refractivity contribution in [3.8, 4) is 0 Å². The number of rotatable bonds is 5. The van der Waals surface area contributed by atoms with E-state index in [0.29, 0.717) is 13.1 Å². The van der Waals surface area contributed by atoms with Gasteiger partial charge in [-0.05, 0) is 17.9 Å². The highest BCUT2D eigenvalue weighted by Crippen LogP contribution is 2.18. The largest absolute Gasteiger partial charge is 0.352 e. The minimum Gasteiger partial charge on any atom is -0.352 e. The average molecular weight is 273 g/mol. The Labute approximate surface area is 109 Å². The maximum atomic E-state index is 12.0. The van der Waals surface area contributed by atoms with E-state index in [9.17, 15) is 8.42 Å². The Kier molecular flexibility index (Phi) is 4.58. The first-order valence-electron chi connectivity index (χ1n) is 6.01. The lowest BCUT2D eigenvalue weighted by molar-refractivity contribution is 0.378. The lowest BCUT2D eigenvalue weighted by Crippen LogP contribution is -2.27. The summed E-state index contributed by atoms with van der Waals surface area (Å²) < 4.78 is 28.4. The Bertz CT molecular complexity index is 498. The molecule has 0 unspecified atom stereocenters. The van der Waals surface area contributed by atoms with Gasteiger partial charge in [-0.15, -0.1) is 0 Å². The maximum absolute atomic E-state index is 12.0. The Morgan fingerprint density at radius 1 is 1.39 bits per heavy atom. The number of nitrogens with one attached hydrogen (secondary N) is 1. The third kappa shape index (κ3) is 4.12. The molecular weight excluding hydrogens is 250 g/mol. The second-order valence-electron chi connectivity index (χ2n) is 5.69. The number of nitrogens with zero attached hydrogens (tertiary/aromatic N) is 1. The molecule has 1 aromatic heterocycles. The van der Waals surface area contributed by atoms with Crippen LogP contribution in [-0.4, -0.2) is 19.5 Å². The van der Waals surface area contributed by atoms with Gasteiger partial charge in [-0.3, -0.25) is 0 Å². The molecule has 0 atom stereocenters. The first-order chi connectivity index (χ1) is 8.15. The summed E-state index contributed by atoms with van der Waals surface area (Å²) in [7, 11) is -1.63. The summed E-state index contributed by atoms with van der Waals surface area (Å²) in [5.41, 5.74) is 6.44. The first-order valence-corrected chi connectivity index (χ1v) is 7.49. The summed E-state index contributed by atoms with van der Waals surface area (Å²) in [5, 5.41) is 0. The molecular formula is C12H23N3O2S. The molecule has 6 heteroatoms. The van der Waals surface area contributed by atoms with E-state index in [1.54, 1.807) is 23.9 Å². The highest BCUT2D eigenvalue weighted by molar-refractivity contribution is 7.89. The monoisotopic (exact) mass is 273 g/mol. The molecule has 5 nitrogen and oxygen atoms in total. The molecule has 3 N–H and O–H groups in total. The van der Waals surface area contributed by atoms with Gasteiger partial charge in [0.25, 0.3) is 0 Å². The van der Waals surface area contributed by atoms with Crippen LogP contribution in [0.15, 0.2) is 17.2 Å². The van der Waals surface area contributed by atoms with E-state index in [2.05, 4.69) is 25.5 Å². The van der Waals surface area contributed by atoms with Gasteiger partial charge in [0.2, 0.25) is 10.0 Å². The van der Waals surface area contributed by atoms with Gasteiger partial charge in [0, 0.05) is 32.0 Å². The van der Waals surface area contributed by atoms with Crippen molar-refractivity contribution in [2.75, 3.05) is 6.54 Å². The predicted molar refractivity (Wildman–Crippen MR) is 72.6 cm³/mol. The van der Waals surface area contributed by atoms with Crippen LogP contribution in [0.3, 0.4) is 0 Å². The van der Waals surface area contributed by atoms with Crippen molar-refractivity contribution in [2.24, 2.45) is 18.2 Å². The molecule has 0 aliphatic rings. The average Bonchev–Trinajstić information content (AvgIpc) is 2.58. The second kappa shape index (κ2) is 5.42. The van der Waals surface area contributed by atoms with E-state index in [1.807, 2.05) is 0 Å². The normalized spacial score (nSPS) is 12.9. The molecule has 0 aromatic carbocycles. The van der Waals surface area contributed by atoms with Gasteiger partial charge >= 0.3 is 0 Å². The zero-order valence-electron chi connectivity index (χ0n) is 11.5. The summed E-state index contributed by atoms with van der Waals surface area (Å²) in [5.74, 6) is 0. The van der Waals surface area contributed by atoms with Gasteiger partial charge in [0.1, 0.15) is 0 Å².